The molecular formula is C10H5FN2O. The third kappa shape index (κ3) is 1.36. The highest BCUT2D eigenvalue weighted by molar-refractivity contribution is 5.58. The summed E-state index contributed by atoms with van der Waals surface area (Å²) in [5.74, 6) is -0.132. The predicted molar refractivity (Wildman–Crippen MR) is 46.6 cm³/mol. The van der Waals surface area contributed by atoms with Gasteiger partial charge in [-0.15, -0.1) is 0 Å². The van der Waals surface area contributed by atoms with Crippen LogP contribution < -0.4 is 0 Å². The van der Waals surface area contributed by atoms with Crippen molar-refractivity contribution < 1.29 is 8.91 Å². The van der Waals surface area contributed by atoms with E-state index in [1.165, 1.54) is 12.1 Å². The molecule has 0 spiro atoms. The SMILES string of the molecule is N#Cc1cc(-c2ccccc2F)on1. The molecular weight excluding hydrogens is 183 g/mol. The summed E-state index contributed by atoms with van der Waals surface area (Å²) in [5, 5.41) is 12.0. The Morgan fingerprint density at radius 3 is 2.79 bits per heavy atom. The molecule has 0 atom stereocenters. The lowest BCUT2D eigenvalue weighted by atomic mass is 10.1. The molecule has 1 aromatic heterocycles. The smallest absolute Gasteiger partial charge is 0.184 e. The van der Waals surface area contributed by atoms with E-state index in [4.69, 9.17) is 9.78 Å². The first-order valence-corrected chi connectivity index (χ1v) is 3.93. The minimum atomic E-state index is -0.395. The Labute approximate surface area is 79.4 Å². The maximum atomic E-state index is 13.2. The second-order valence-electron chi connectivity index (χ2n) is 2.67. The fourth-order valence-corrected chi connectivity index (χ4v) is 1.12. The normalized spacial score (nSPS) is 9.71. The first kappa shape index (κ1) is 8.45. The molecule has 0 fully saturated rings. The van der Waals surface area contributed by atoms with Crippen LogP contribution in [0.5, 0.6) is 0 Å². The van der Waals surface area contributed by atoms with Gasteiger partial charge in [0.1, 0.15) is 11.9 Å². The summed E-state index contributed by atoms with van der Waals surface area (Å²) >= 11 is 0. The molecule has 2 aromatic rings. The molecule has 0 bridgehead atoms. The van der Waals surface area contributed by atoms with Crippen LogP contribution in [-0.2, 0) is 0 Å². The molecule has 0 saturated heterocycles. The monoisotopic (exact) mass is 188 g/mol. The van der Waals surface area contributed by atoms with Gasteiger partial charge in [0.25, 0.3) is 0 Å². The van der Waals surface area contributed by atoms with E-state index in [2.05, 4.69) is 5.16 Å². The van der Waals surface area contributed by atoms with Gasteiger partial charge in [-0.2, -0.15) is 5.26 Å². The Bertz CT molecular complexity index is 499. The number of nitrogens with zero attached hydrogens (tertiary/aromatic N) is 2. The third-order valence-electron chi connectivity index (χ3n) is 1.76. The summed E-state index contributed by atoms with van der Waals surface area (Å²) in [6, 6.07) is 9.37. The second-order valence-corrected chi connectivity index (χ2v) is 2.67. The van der Waals surface area contributed by atoms with Crippen molar-refractivity contribution >= 4 is 0 Å². The largest absolute Gasteiger partial charge is 0.355 e. The number of hydrogen-bond acceptors (Lipinski definition) is 3. The quantitative estimate of drug-likeness (QED) is 0.690. The van der Waals surface area contributed by atoms with Crippen molar-refractivity contribution in [3.8, 4) is 17.4 Å². The van der Waals surface area contributed by atoms with Crippen molar-refractivity contribution in [1.29, 1.82) is 5.26 Å². The fraction of sp³-hybridized carbons (Fsp3) is 0. The number of hydrogen-bond donors (Lipinski definition) is 0. The van der Waals surface area contributed by atoms with Crippen LogP contribution in [0.2, 0.25) is 0 Å². The molecule has 14 heavy (non-hydrogen) atoms. The maximum Gasteiger partial charge on any atom is 0.184 e. The van der Waals surface area contributed by atoms with Gasteiger partial charge in [0, 0.05) is 6.07 Å². The zero-order valence-corrected chi connectivity index (χ0v) is 7.07. The molecule has 4 heteroatoms. The molecule has 68 valence electrons. The number of aromatic nitrogens is 1. The molecule has 0 aliphatic rings. The van der Waals surface area contributed by atoms with Crippen LogP contribution in [0.4, 0.5) is 4.39 Å². The molecule has 0 aliphatic heterocycles. The highest BCUT2D eigenvalue weighted by Crippen LogP contribution is 2.22. The van der Waals surface area contributed by atoms with Gasteiger partial charge in [-0.1, -0.05) is 17.3 Å². The molecule has 2 rings (SSSR count). The Morgan fingerprint density at radius 2 is 2.14 bits per heavy atom. The van der Waals surface area contributed by atoms with E-state index in [1.807, 2.05) is 6.07 Å². The van der Waals surface area contributed by atoms with Crippen molar-refractivity contribution in [2.24, 2.45) is 0 Å². The van der Waals surface area contributed by atoms with Crippen LogP contribution in [-0.4, -0.2) is 5.16 Å². The van der Waals surface area contributed by atoms with Crippen molar-refractivity contribution in [1.82, 2.24) is 5.16 Å². The minimum absolute atomic E-state index is 0.142. The lowest BCUT2D eigenvalue weighted by molar-refractivity contribution is 0.427. The molecule has 0 aliphatic carbocycles. The van der Waals surface area contributed by atoms with Gasteiger partial charge < -0.3 is 4.52 Å². The summed E-state index contributed by atoms with van der Waals surface area (Å²) in [7, 11) is 0. The second kappa shape index (κ2) is 3.30. The fourth-order valence-electron chi connectivity index (χ4n) is 1.12. The average Bonchev–Trinajstić information content (AvgIpc) is 2.67. The van der Waals surface area contributed by atoms with E-state index in [9.17, 15) is 4.39 Å². The number of halogens is 1. The zero-order valence-electron chi connectivity index (χ0n) is 7.07. The van der Waals surface area contributed by atoms with E-state index in [-0.39, 0.29) is 11.5 Å². The van der Waals surface area contributed by atoms with Crippen LogP contribution in [0.1, 0.15) is 5.69 Å². The van der Waals surface area contributed by atoms with Crippen molar-refractivity contribution in [2.75, 3.05) is 0 Å². The lowest BCUT2D eigenvalue weighted by Crippen LogP contribution is -1.79. The van der Waals surface area contributed by atoms with Crippen LogP contribution in [0.25, 0.3) is 11.3 Å². The Morgan fingerprint density at radius 1 is 1.36 bits per heavy atom. The number of rotatable bonds is 1. The third-order valence-corrected chi connectivity index (χ3v) is 1.76. The lowest BCUT2D eigenvalue weighted by Gasteiger charge is -1.95. The summed E-state index contributed by atoms with van der Waals surface area (Å²) in [4.78, 5) is 0. The highest BCUT2D eigenvalue weighted by atomic mass is 19.1. The zero-order chi connectivity index (χ0) is 9.97. The molecule has 3 nitrogen and oxygen atoms in total. The van der Waals surface area contributed by atoms with Gasteiger partial charge in [0.05, 0.1) is 5.56 Å². The molecule has 0 radical (unpaired) electrons. The standard InChI is InChI=1S/C10H5FN2O/c11-9-4-2-1-3-8(9)10-5-7(6-12)13-14-10/h1-5H. The van der Waals surface area contributed by atoms with E-state index in [0.29, 0.717) is 5.56 Å². The topological polar surface area (TPSA) is 49.8 Å². The van der Waals surface area contributed by atoms with E-state index >= 15 is 0 Å². The Kier molecular flexibility index (Phi) is 1.99. The van der Waals surface area contributed by atoms with Gasteiger partial charge in [-0.25, -0.2) is 4.39 Å². The summed E-state index contributed by atoms with van der Waals surface area (Å²) < 4.78 is 18.0. The van der Waals surface area contributed by atoms with Crippen LogP contribution >= 0.6 is 0 Å². The van der Waals surface area contributed by atoms with Crippen molar-refractivity contribution in [3.05, 3.63) is 41.8 Å². The van der Waals surface area contributed by atoms with Gasteiger partial charge in [-0.3, -0.25) is 0 Å². The molecule has 0 unspecified atom stereocenters. The molecule has 1 aromatic carbocycles. The van der Waals surface area contributed by atoms with E-state index < -0.39 is 5.82 Å². The highest BCUT2D eigenvalue weighted by Gasteiger charge is 2.09. The van der Waals surface area contributed by atoms with Gasteiger partial charge in [-0.05, 0) is 12.1 Å². The minimum Gasteiger partial charge on any atom is -0.355 e. The van der Waals surface area contributed by atoms with Gasteiger partial charge >= 0.3 is 0 Å². The maximum absolute atomic E-state index is 13.2. The van der Waals surface area contributed by atoms with Crippen molar-refractivity contribution in [2.45, 2.75) is 0 Å². The Hall–Kier alpha value is -2.15. The molecule has 0 amide bonds. The van der Waals surface area contributed by atoms with Gasteiger partial charge in [0.2, 0.25) is 0 Å². The van der Waals surface area contributed by atoms with Crippen LogP contribution in [0.15, 0.2) is 34.9 Å². The summed E-state index contributed by atoms with van der Waals surface area (Å²) in [5.41, 5.74) is 0.449. The van der Waals surface area contributed by atoms with Crippen molar-refractivity contribution in [3.63, 3.8) is 0 Å². The van der Waals surface area contributed by atoms with Crippen LogP contribution in [0.3, 0.4) is 0 Å². The number of nitriles is 1. The summed E-state index contributed by atoms with van der Waals surface area (Å²) in [6.07, 6.45) is 0. The first-order valence-electron chi connectivity index (χ1n) is 3.93. The average molecular weight is 188 g/mol. The molecule has 1 heterocycles. The number of benzene rings is 1. The first-order chi connectivity index (χ1) is 6.81. The van der Waals surface area contributed by atoms with E-state index in [0.717, 1.165) is 0 Å². The molecule has 0 saturated carbocycles. The van der Waals surface area contributed by atoms with Crippen LogP contribution in [0, 0.1) is 17.1 Å². The predicted octanol–water partition coefficient (Wildman–Crippen LogP) is 2.35. The summed E-state index contributed by atoms with van der Waals surface area (Å²) in [6.45, 7) is 0. The molecule has 0 N–H and O–H groups in total. The van der Waals surface area contributed by atoms with E-state index in [1.54, 1.807) is 18.2 Å². The Balaban J connectivity index is 2.51. The van der Waals surface area contributed by atoms with Gasteiger partial charge in [0.15, 0.2) is 11.5 Å².